The van der Waals surface area contributed by atoms with E-state index in [1.807, 2.05) is 29.2 Å². The molecule has 6 nitrogen and oxygen atoms in total. The van der Waals surface area contributed by atoms with Crippen LogP contribution in [0.2, 0.25) is 0 Å². The molecular formula is C22H33N3O3. The number of nitrogens with one attached hydrogen (secondary N) is 2. The number of urea groups is 1. The monoisotopic (exact) mass is 387 g/mol. The Balaban J connectivity index is 1.37. The molecule has 2 aliphatic rings. The van der Waals surface area contributed by atoms with Gasteiger partial charge in [0.2, 0.25) is 5.91 Å². The van der Waals surface area contributed by atoms with Gasteiger partial charge < -0.3 is 20.3 Å². The van der Waals surface area contributed by atoms with E-state index in [1.54, 1.807) is 7.11 Å². The molecule has 1 aliphatic carbocycles. The van der Waals surface area contributed by atoms with Crippen molar-refractivity contribution >= 4 is 11.9 Å². The molecule has 28 heavy (non-hydrogen) atoms. The van der Waals surface area contributed by atoms with Crippen molar-refractivity contribution in [2.24, 2.45) is 5.92 Å². The number of benzene rings is 1. The molecule has 1 saturated carbocycles. The number of methoxy groups -OCH3 is 1. The van der Waals surface area contributed by atoms with Crippen LogP contribution in [0, 0.1) is 5.92 Å². The molecule has 2 N–H and O–H groups in total. The Kier molecular flexibility index (Phi) is 7.57. The van der Waals surface area contributed by atoms with Gasteiger partial charge in [0.15, 0.2) is 0 Å². The van der Waals surface area contributed by atoms with Gasteiger partial charge in [-0.15, -0.1) is 0 Å². The number of piperidine rings is 1. The zero-order chi connectivity index (χ0) is 19.8. The van der Waals surface area contributed by atoms with Crippen molar-refractivity contribution in [1.82, 2.24) is 15.5 Å². The molecule has 6 heteroatoms. The lowest BCUT2D eigenvalue weighted by atomic mass is 9.95. The van der Waals surface area contributed by atoms with Crippen LogP contribution >= 0.6 is 0 Å². The standard InChI is InChI=1S/C22H33N3O3/c1-28-20-10-6-5-7-17(20)11-14-23-21(26)18-12-15-25(16-13-18)22(27)24-19-8-3-2-4-9-19/h5-7,10,18-19H,2-4,8-9,11-16H2,1H3,(H,23,26)(H,24,27). The van der Waals surface area contributed by atoms with Gasteiger partial charge in [-0.1, -0.05) is 37.5 Å². The van der Waals surface area contributed by atoms with E-state index in [2.05, 4.69) is 10.6 Å². The Morgan fingerprint density at radius 2 is 1.79 bits per heavy atom. The minimum absolute atomic E-state index is 0.00333. The maximum Gasteiger partial charge on any atom is 0.317 e. The lowest BCUT2D eigenvalue weighted by Gasteiger charge is -2.33. The molecule has 1 aliphatic heterocycles. The van der Waals surface area contributed by atoms with Crippen LogP contribution in [0.4, 0.5) is 4.79 Å². The third kappa shape index (κ3) is 5.63. The molecule has 0 spiro atoms. The minimum atomic E-state index is -0.00333. The number of rotatable bonds is 6. The summed E-state index contributed by atoms with van der Waals surface area (Å²) in [5, 5.41) is 6.22. The molecule has 0 bridgehead atoms. The highest BCUT2D eigenvalue weighted by atomic mass is 16.5. The van der Waals surface area contributed by atoms with Gasteiger partial charge in [0.1, 0.15) is 5.75 Å². The fourth-order valence-electron chi connectivity index (χ4n) is 4.23. The average Bonchev–Trinajstić information content (AvgIpc) is 2.75. The summed E-state index contributed by atoms with van der Waals surface area (Å²) in [6.45, 7) is 1.91. The van der Waals surface area contributed by atoms with Gasteiger partial charge in [-0.25, -0.2) is 4.79 Å². The number of carbonyl (C=O) groups excluding carboxylic acids is 2. The fourth-order valence-corrected chi connectivity index (χ4v) is 4.23. The topological polar surface area (TPSA) is 70.7 Å². The van der Waals surface area contributed by atoms with E-state index in [1.165, 1.54) is 19.3 Å². The molecule has 0 radical (unpaired) electrons. The summed E-state index contributed by atoms with van der Waals surface area (Å²) in [6, 6.07) is 8.26. The van der Waals surface area contributed by atoms with Crippen LogP contribution in [0.25, 0.3) is 0 Å². The van der Waals surface area contributed by atoms with Crippen LogP contribution in [0.3, 0.4) is 0 Å². The van der Waals surface area contributed by atoms with Crippen molar-refractivity contribution in [3.05, 3.63) is 29.8 Å². The molecule has 0 aromatic heterocycles. The van der Waals surface area contributed by atoms with Crippen molar-refractivity contribution in [3.8, 4) is 5.75 Å². The second-order valence-corrected chi connectivity index (χ2v) is 7.90. The van der Waals surface area contributed by atoms with E-state index in [0.717, 1.165) is 43.4 Å². The van der Waals surface area contributed by atoms with Crippen molar-refractivity contribution < 1.29 is 14.3 Å². The molecule has 1 saturated heterocycles. The number of nitrogens with zero attached hydrogens (tertiary/aromatic N) is 1. The first-order chi connectivity index (χ1) is 13.7. The van der Waals surface area contributed by atoms with E-state index in [4.69, 9.17) is 4.74 Å². The second kappa shape index (κ2) is 10.3. The molecule has 3 rings (SSSR count). The molecule has 1 aromatic rings. The van der Waals surface area contributed by atoms with Crippen molar-refractivity contribution in [3.63, 3.8) is 0 Å². The Morgan fingerprint density at radius 3 is 2.50 bits per heavy atom. The van der Waals surface area contributed by atoms with Crippen LogP contribution in [-0.4, -0.2) is 49.6 Å². The quantitative estimate of drug-likeness (QED) is 0.788. The predicted molar refractivity (Wildman–Crippen MR) is 109 cm³/mol. The molecular weight excluding hydrogens is 354 g/mol. The number of likely N-dealkylation sites (tertiary alicyclic amines) is 1. The second-order valence-electron chi connectivity index (χ2n) is 7.90. The smallest absolute Gasteiger partial charge is 0.317 e. The van der Waals surface area contributed by atoms with E-state index in [9.17, 15) is 9.59 Å². The first-order valence-electron chi connectivity index (χ1n) is 10.6. The van der Waals surface area contributed by atoms with Gasteiger partial charge in [0, 0.05) is 31.6 Å². The highest BCUT2D eigenvalue weighted by Gasteiger charge is 2.28. The lowest BCUT2D eigenvalue weighted by molar-refractivity contribution is -0.126. The summed E-state index contributed by atoms with van der Waals surface area (Å²) < 4.78 is 5.35. The largest absolute Gasteiger partial charge is 0.496 e. The summed E-state index contributed by atoms with van der Waals surface area (Å²) in [7, 11) is 1.66. The summed E-state index contributed by atoms with van der Waals surface area (Å²) in [6.07, 6.45) is 8.11. The Labute approximate surface area is 168 Å². The van der Waals surface area contributed by atoms with E-state index < -0.39 is 0 Å². The van der Waals surface area contributed by atoms with Gasteiger partial charge in [0.05, 0.1) is 7.11 Å². The van der Waals surface area contributed by atoms with Crippen LogP contribution in [0.15, 0.2) is 24.3 Å². The predicted octanol–water partition coefficient (Wildman–Crippen LogP) is 3.11. The maximum atomic E-state index is 12.5. The number of hydrogen-bond donors (Lipinski definition) is 2. The molecule has 2 fully saturated rings. The van der Waals surface area contributed by atoms with Gasteiger partial charge in [0.25, 0.3) is 0 Å². The minimum Gasteiger partial charge on any atom is -0.496 e. The van der Waals surface area contributed by atoms with Gasteiger partial charge in [-0.2, -0.15) is 0 Å². The zero-order valence-corrected chi connectivity index (χ0v) is 16.9. The first kappa shape index (κ1) is 20.5. The SMILES string of the molecule is COc1ccccc1CCNC(=O)C1CCN(C(=O)NC2CCCCC2)CC1. The summed E-state index contributed by atoms with van der Waals surface area (Å²) >= 11 is 0. The van der Waals surface area contributed by atoms with Crippen LogP contribution in [0.5, 0.6) is 5.75 Å². The van der Waals surface area contributed by atoms with E-state index >= 15 is 0 Å². The van der Waals surface area contributed by atoms with Gasteiger partial charge in [-0.05, 0) is 43.7 Å². The molecule has 0 atom stereocenters. The zero-order valence-electron chi connectivity index (χ0n) is 16.9. The van der Waals surface area contributed by atoms with E-state index in [-0.39, 0.29) is 17.9 Å². The summed E-state index contributed by atoms with van der Waals surface area (Å²) in [5.74, 6) is 0.952. The number of para-hydroxylation sites is 1. The fraction of sp³-hybridized carbons (Fsp3) is 0.636. The average molecular weight is 388 g/mol. The van der Waals surface area contributed by atoms with Gasteiger partial charge in [-0.3, -0.25) is 4.79 Å². The molecule has 3 amide bonds. The lowest BCUT2D eigenvalue weighted by Crippen LogP contribution is -2.49. The van der Waals surface area contributed by atoms with Crippen LogP contribution < -0.4 is 15.4 Å². The van der Waals surface area contributed by atoms with E-state index in [0.29, 0.717) is 25.7 Å². The van der Waals surface area contributed by atoms with Crippen LogP contribution in [0.1, 0.15) is 50.5 Å². The normalized spacial score (nSPS) is 18.5. The molecule has 0 unspecified atom stereocenters. The van der Waals surface area contributed by atoms with Crippen molar-refractivity contribution in [1.29, 1.82) is 0 Å². The number of amides is 3. The molecule has 1 aromatic carbocycles. The first-order valence-corrected chi connectivity index (χ1v) is 10.6. The summed E-state index contributed by atoms with van der Waals surface area (Å²) in [5.41, 5.74) is 1.10. The summed E-state index contributed by atoms with van der Waals surface area (Å²) in [4.78, 5) is 26.8. The number of hydrogen-bond acceptors (Lipinski definition) is 3. The third-order valence-electron chi connectivity index (χ3n) is 5.97. The highest BCUT2D eigenvalue weighted by molar-refractivity contribution is 5.79. The molecule has 154 valence electrons. The van der Waals surface area contributed by atoms with Crippen molar-refractivity contribution in [2.75, 3.05) is 26.7 Å². The Hall–Kier alpha value is -2.24. The molecule has 1 heterocycles. The Morgan fingerprint density at radius 1 is 1.07 bits per heavy atom. The van der Waals surface area contributed by atoms with Crippen molar-refractivity contribution in [2.45, 2.75) is 57.4 Å². The number of ether oxygens (including phenoxy) is 1. The van der Waals surface area contributed by atoms with Crippen LogP contribution in [-0.2, 0) is 11.2 Å². The van der Waals surface area contributed by atoms with Gasteiger partial charge >= 0.3 is 6.03 Å². The Bertz CT molecular complexity index is 650. The maximum absolute atomic E-state index is 12.5. The number of carbonyl (C=O) groups is 2. The third-order valence-corrected chi connectivity index (χ3v) is 5.97. The highest BCUT2D eigenvalue weighted by Crippen LogP contribution is 2.21.